The molecule has 0 heterocycles. The fourth-order valence-electron chi connectivity index (χ4n) is 1.98. The Morgan fingerprint density at radius 2 is 1.43 bits per heavy atom. The predicted molar refractivity (Wildman–Crippen MR) is 97.4 cm³/mol. The first kappa shape index (κ1) is 15.7. The van der Waals surface area contributed by atoms with Crippen LogP contribution in [0.2, 0.25) is 5.02 Å². The summed E-state index contributed by atoms with van der Waals surface area (Å²) < 4.78 is 0. The van der Waals surface area contributed by atoms with E-state index in [1.165, 1.54) is 0 Å². The highest BCUT2D eigenvalue weighted by Crippen LogP contribution is 2.29. The fourth-order valence-corrected chi connectivity index (χ4v) is 2.92. The maximum absolute atomic E-state index is 9.69. The van der Waals surface area contributed by atoms with E-state index in [1.54, 1.807) is 36.2 Å². The summed E-state index contributed by atoms with van der Waals surface area (Å²) in [5, 5.41) is 10.4. The lowest BCUT2D eigenvalue weighted by Gasteiger charge is -2.02. The second kappa shape index (κ2) is 7.36. The van der Waals surface area contributed by atoms with Gasteiger partial charge < -0.3 is 5.11 Å². The van der Waals surface area contributed by atoms with Crippen LogP contribution in [0.15, 0.2) is 87.6 Å². The molecule has 0 atom stereocenters. The molecule has 23 heavy (non-hydrogen) atoms. The molecule has 0 fully saturated rings. The van der Waals surface area contributed by atoms with Crippen LogP contribution in [0, 0.1) is 0 Å². The molecule has 3 aromatic rings. The van der Waals surface area contributed by atoms with Crippen LogP contribution in [-0.4, -0.2) is 11.3 Å². The highest BCUT2D eigenvalue weighted by molar-refractivity contribution is 7.99. The highest BCUT2D eigenvalue weighted by atomic mass is 35.5. The van der Waals surface area contributed by atoms with Gasteiger partial charge in [0.05, 0.1) is 0 Å². The van der Waals surface area contributed by atoms with E-state index in [9.17, 15) is 5.11 Å². The Hall–Kier alpha value is -2.23. The number of aromatic hydroxyl groups is 1. The second-order valence-corrected chi connectivity index (χ2v) is 6.46. The minimum Gasteiger partial charge on any atom is -0.506 e. The monoisotopic (exact) mass is 339 g/mol. The molecule has 0 saturated heterocycles. The summed E-state index contributed by atoms with van der Waals surface area (Å²) in [6.07, 6.45) is 1.74. The van der Waals surface area contributed by atoms with Crippen LogP contribution < -0.4 is 0 Å². The molecule has 0 aromatic heterocycles. The Kier molecular flexibility index (Phi) is 5.01. The van der Waals surface area contributed by atoms with Gasteiger partial charge in [0.1, 0.15) is 11.4 Å². The van der Waals surface area contributed by atoms with Crippen LogP contribution in [-0.2, 0) is 0 Å². The largest absolute Gasteiger partial charge is 0.506 e. The Labute approximate surface area is 144 Å². The number of halogens is 1. The van der Waals surface area contributed by atoms with Gasteiger partial charge in [-0.05, 0) is 54.1 Å². The predicted octanol–water partition coefficient (Wildman–Crippen LogP) is 5.95. The van der Waals surface area contributed by atoms with Crippen molar-refractivity contribution in [3.63, 3.8) is 0 Å². The van der Waals surface area contributed by atoms with E-state index in [2.05, 4.69) is 4.99 Å². The number of hydrogen-bond donors (Lipinski definition) is 1. The summed E-state index contributed by atoms with van der Waals surface area (Å²) in [6, 6.07) is 22.9. The average Bonchev–Trinajstić information content (AvgIpc) is 2.58. The van der Waals surface area contributed by atoms with Crippen LogP contribution >= 0.6 is 23.4 Å². The number of nitrogens with zero attached hydrogens (tertiary/aromatic N) is 1. The molecule has 0 amide bonds. The van der Waals surface area contributed by atoms with Crippen molar-refractivity contribution in [1.29, 1.82) is 0 Å². The Balaban J connectivity index is 1.69. The Bertz CT molecular complexity index is 814. The van der Waals surface area contributed by atoms with Crippen LogP contribution in [0.1, 0.15) is 5.56 Å². The highest BCUT2D eigenvalue weighted by Gasteiger charge is 1.99. The number of benzene rings is 3. The lowest BCUT2D eigenvalue weighted by molar-refractivity contribution is 0.477. The molecule has 2 nitrogen and oxygen atoms in total. The minimum atomic E-state index is 0.179. The van der Waals surface area contributed by atoms with Crippen molar-refractivity contribution in [2.24, 2.45) is 4.99 Å². The third-order valence-corrected chi connectivity index (χ3v) is 4.43. The zero-order valence-corrected chi connectivity index (χ0v) is 13.8. The molecule has 0 aliphatic heterocycles. The molecule has 0 aliphatic rings. The molecule has 0 aliphatic carbocycles. The summed E-state index contributed by atoms with van der Waals surface area (Å²) in [7, 11) is 0. The molecule has 0 bridgehead atoms. The second-order valence-electron chi connectivity index (χ2n) is 4.87. The van der Waals surface area contributed by atoms with E-state index in [4.69, 9.17) is 11.6 Å². The van der Waals surface area contributed by atoms with Gasteiger partial charge in [0.25, 0.3) is 0 Å². The van der Waals surface area contributed by atoms with E-state index in [1.807, 2.05) is 54.6 Å². The van der Waals surface area contributed by atoms with Gasteiger partial charge in [0.15, 0.2) is 0 Å². The van der Waals surface area contributed by atoms with Crippen LogP contribution in [0.25, 0.3) is 0 Å². The van der Waals surface area contributed by atoms with E-state index < -0.39 is 0 Å². The first-order valence-corrected chi connectivity index (χ1v) is 8.26. The van der Waals surface area contributed by atoms with Gasteiger partial charge in [-0.3, -0.25) is 4.99 Å². The summed E-state index contributed by atoms with van der Waals surface area (Å²) in [5.74, 6) is 0.179. The van der Waals surface area contributed by atoms with Crippen molar-refractivity contribution >= 4 is 35.3 Å². The minimum absolute atomic E-state index is 0.179. The fraction of sp³-hybridized carbons (Fsp3) is 0. The Morgan fingerprint density at radius 3 is 2.09 bits per heavy atom. The summed E-state index contributed by atoms with van der Waals surface area (Å²) >= 11 is 7.57. The van der Waals surface area contributed by atoms with Gasteiger partial charge in [-0.2, -0.15) is 0 Å². The van der Waals surface area contributed by atoms with Gasteiger partial charge >= 0.3 is 0 Å². The van der Waals surface area contributed by atoms with Crippen LogP contribution in [0.3, 0.4) is 0 Å². The quantitative estimate of drug-likeness (QED) is 0.596. The summed E-state index contributed by atoms with van der Waals surface area (Å²) in [4.78, 5) is 6.59. The van der Waals surface area contributed by atoms with Gasteiger partial charge in [0, 0.05) is 21.0 Å². The molecule has 0 spiro atoms. The number of phenolic OH excluding ortho intramolecular Hbond substituents is 1. The molecule has 3 aromatic carbocycles. The molecule has 3 rings (SSSR count). The van der Waals surface area contributed by atoms with Crippen LogP contribution in [0.5, 0.6) is 5.75 Å². The van der Waals surface area contributed by atoms with Gasteiger partial charge in [-0.25, -0.2) is 0 Å². The van der Waals surface area contributed by atoms with Crippen molar-refractivity contribution in [2.45, 2.75) is 9.79 Å². The van der Waals surface area contributed by atoms with Crippen molar-refractivity contribution in [1.82, 2.24) is 0 Å². The molecule has 1 N–H and O–H groups in total. The molecule has 4 heteroatoms. The maximum Gasteiger partial charge on any atom is 0.141 e. The Morgan fingerprint density at radius 1 is 0.826 bits per heavy atom. The third kappa shape index (κ3) is 4.38. The topological polar surface area (TPSA) is 32.6 Å². The smallest absolute Gasteiger partial charge is 0.141 e. The van der Waals surface area contributed by atoms with Gasteiger partial charge in [-0.15, -0.1) is 0 Å². The SMILES string of the molecule is Oc1ccccc1N=Cc1ccc(Sc2ccc(Cl)cc2)cc1. The van der Waals surface area contributed by atoms with Crippen molar-refractivity contribution < 1.29 is 5.11 Å². The van der Waals surface area contributed by atoms with E-state index in [0.29, 0.717) is 5.69 Å². The first-order valence-electron chi connectivity index (χ1n) is 7.06. The molecule has 0 unspecified atom stereocenters. The number of phenols is 1. The number of hydrogen-bond acceptors (Lipinski definition) is 3. The number of para-hydroxylation sites is 2. The summed E-state index contributed by atoms with van der Waals surface area (Å²) in [5.41, 5.74) is 1.54. The van der Waals surface area contributed by atoms with Crippen molar-refractivity contribution in [2.75, 3.05) is 0 Å². The molecular weight excluding hydrogens is 326 g/mol. The third-order valence-electron chi connectivity index (χ3n) is 3.16. The zero-order chi connectivity index (χ0) is 16.1. The average molecular weight is 340 g/mol. The molecular formula is C19H14ClNOS. The lowest BCUT2D eigenvalue weighted by atomic mass is 10.2. The summed E-state index contributed by atoms with van der Waals surface area (Å²) in [6.45, 7) is 0. The van der Waals surface area contributed by atoms with Crippen molar-refractivity contribution in [3.05, 3.63) is 83.4 Å². The standard InChI is InChI=1S/C19H14ClNOS/c20-15-7-11-17(12-8-15)23-16-9-5-14(6-10-16)13-21-18-3-1-2-4-19(18)22/h1-13,22H. The molecule has 0 saturated carbocycles. The number of rotatable bonds is 4. The van der Waals surface area contributed by atoms with Crippen molar-refractivity contribution in [3.8, 4) is 5.75 Å². The molecule has 0 radical (unpaired) electrons. The molecule has 114 valence electrons. The normalized spacial score (nSPS) is 11.0. The number of aliphatic imine (C=N–C) groups is 1. The van der Waals surface area contributed by atoms with E-state index in [-0.39, 0.29) is 5.75 Å². The van der Waals surface area contributed by atoms with Crippen LogP contribution in [0.4, 0.5) is 5.69 Å². The first-order chi connectivity index (χ1) is 11.2. The zero-order valence-electron chi connectivity index (χ0n) is 12.2. The maximum atomic E-state index is 9.69. The van der Waals surface area contributed by atoms with E-state index >= 15 is 0 Å². The van der Waals surface area contributed by atoms with E-state index in [0.717, 1.165) is 20.4 Å². The van der Waals surface area contributed by atoms with Gasteiger partial charge in [-0.1, -0.05) is 47.6 Å². The lowest BCUT2D eigenvalue weighted by Crippen LogP contribution is -1.81. The van der Waals surface area contributed by atoms with Gasteiger partial charge in [0.2, 0.25) is 0 Å².